The number of halogens is 3. The maximum atomic E-state index is 13.1. The second-order valence-corrected chi connectivity index (χ2v) is 4.58. The molecule has 0 saturated heterocycles. The van der Waals surface area contributed by atoms with E-state index >= 15 is 0 Å². The number of benzene rings is 1. The van der Waals surface area contributed by atoms with Crippen LogP contribution < -0.4 is 0 Å². The fourth-order valence-electron chi connectivity index (χ4n) is 1.76. The van der Waals surface area contributed by atoms with Gasteiger partial charge in [0.2, 0.25) is 0 Å². The predicted octanol–water partition coefficient (Wildman–Crippen LogP) is 3.55. The van der Waals surface area contributed by atoms with Crippen LogP contribution >= 0.6 is 11.6 Å². The molecule has 1 aliphatic rings. The lowest BCUT2D eigenvalue weighted by molar-refractivity contribution is -0.134. The van der Waals surface area contributed by atoms with Gasteiger partial charge in [-0.15, -0.1) is 0 Å². The lowest BCUT2D eigenvalue weighted by Crippen LogP contribution is -2.02. The quantitative estimate of drug-likeness (QED) is 0.621. The van der Waals surface area contributed by atoms with E-state index in [-0.39, 0.29) is 6.42 Å². The van der Waals surface area contributed by atoms with Gasteiger partial charge < -0.3 is 4.74 Å². The van der Waals surface area contributed by atoms with Gasteiger partial charge in [0.05, 0.1) is 13.0 Å². The fraction of sp³-hybridized carbons (Fsp3) is 0.308. The van der Waals surface area contributed by atoms with Crippen LogP contribution in [0, 0.1) is 5.92 Å². The minimum Gasteiger partial charge on any atom is -0.466 e. The van der Waals surface area contributed by atoms with Crippen molar-refractivity contribution in [2.75, 3.05) is 7.11 Å². The van der Waals surface area contributed by atoms with E-state index < -0.39 is 17.8 Å². The van der Waals surface area contributed by atoms with E-state index in [9.17, 15) is 13.6 Å². The highest BCUT2D eigenvalue weighted by Crippen LogP contribution is 2.55. The van der Waals surface area contributed by atoms with Crippen LogP contribution in [0.5, 0.6) is 0 Å². The largest absolute Gasteiger partial charge is 0.466 e. The van der Waals surface area contributed by atoms with Gasteiger partial charge in [0.15, 0.2) is 0 Å². The summed E-state index contributed by atoms with van der Waals surface area (Å²) in [6, 6.07) is 6.43. The summed E-state index contributed by atoms with van der Waals surface area (Å²) >= 11 is 5.74. The maximum Gasteiger partial charge on any atom is 0.330 e. The van der Waals surface area contributed by atoms with Crippen molar-refractivity contribution in [2.45, 2.75) is 12.3 Å². The first-order chi connectivity index (χ1) is 8.44. The molecule has 1 saturated carbocycles. The number of carbonyl (C=O) groups excluding carboxylic acids is 1. The minimum absolute atomic E-state index is 0.238. The Labute approximate surface area is 108 Å². The van der Waals surface area contributed by atoms with Crippen molar-refractivity contribution in [3.05, 3.63) is 40.9 Å². The van der Waals surface area contributed by atoms with Gasteiger partial charge >= 0.3 is 5.97 Å². The topological polar surface area (TPSA) is 26.3 Å². The number of carbonyl (C=O) groups is 1. The third-order valence-corrected chi connectivity index (χ3v) is 3.11. The van der Waals surface area contributed by atoms with Gasteiger partial charge in [-0.25, -0.2) is 13.6 Å². The second kappa shape index (κ2) is 4.69. The smallest absolute Gasteiger partial charge is 0.330 e. The summed E-state index contributed by atoms with van der Waals surface area (Å²) in [5.74, 6) is -4.29. The lowest BCUT2D eigenvalue weighted by atomic mass is 10.0. The number of esters is 1. The zero-order chi connectivity index (χ0) is 13.3. The minimum atomic E-state index is -2.74. The zero-order valence-electron chi connectivity index (χ0n) is 9.62. The molecule has 1 fully saturated rings. The average molecular weight is 273 g/mol. The molecule has 1 unspecified atom stereocenters. The molecule has 0 N–H and O–H groups in total. The summed E-state index contributed by atoms with van der Waals surface area (Å²) in [5.41, 5.74) is 0.857. The molecule has 1 aromatic rings. The van der Waals surface area contributed by atoms with E-state index in [1.165, 1.54) is 7.11 Å². The second-order valence-electron chi connectivity index (χ2n) is 4.15. The molecule has 0 bridgehead atoms. The molecule has 0 radical (unpaired) electrons. The Hall–Kier alpha value is -1.42. The zero-order valence-corrected chi connectivity index (χ0v) is 10.4. The van der Waals surface area contributed by atoms with Gasteiger partial charge in [-0.3, -0.25) is 0 Å². The highest BCUT2D eigenvalue weighted by Gasteiger charge is 2.58. The van der Waals surface area contributed by atoms with Crippen LogP contribution in [0.25, 0.3) is 5.57 Å². The lowest BCUT2D eigenvalue weighted by Gasteiger charge is -2.07. The van der Waals surface area contributed by atoms with E-state index in [4.69, 9.17) is 11.6 Å². The Morgan fingerprint density at radius 3 is 2.44 bits per heavy atom. The Bertz CT molecular complexity index is 494. The van der Waals surface area contributed by atoms with Crippen LogP contribution in [0.2, 0.25) is 5.02 Å². The standard InChI is InChI=1S/C13H11ClF2O2/c1-18-12(17)6-10(11-7-13(11,15)16)8-2-4-9(14)5-3-8/h2-6,11H,7H2,1H3/b10-6+. The molecule has 0 aromatic heterocycles. The van der Waals surface area contributed by atoms with E-state index in [2.05, 4.69) is 4.74 Å². The molecule has 1 aromatic carbocycles. The molecule has 2 rings (SSSR count). The van der Waals surface area contributed by atoms with Crippen molar-refractivity contribution < 1.29 is 18.3 Å². The molecule has 0 amide bonds. The highest BCUT2D eigenvalue weighted by molar-refractivity contribution is 6.30. The molecule has 0 heterocycles. The average Bonchev–Trinajstić information content (AvgIpc) is 2.96. The molecular formula is C13H11ClF2O2. The van der Waals surface area contributed by atoms with Crippen LogP contribution in [-0.4, -0.2) is 19.0 Å². The fourth-order valence-corrected chi connectivity index (χ4v) is 1.89. The molecule has 0 aliphatic heterocycles. The Morgan fingerprint density at radius 2 is 2.00 bits per heavy atom. The molecule has 18 heavy (non-hydrogen) atoms. The first kappa shape index (κ1) is 13.0. The van der Waals surface area contributed by atoms with Gasteiger partial charge in [-0.1, -0.05) is 23.7 Å². The van der Waals surface area contributed by atoms with Crippen molar-refractivity contribution >= 4 is 23.1 Å². The predicted molar refractivity (Wildman–Crippen MR) is 64.5 cm³/mol. The van der Waals surface area contributed by atoms with Crippen molar-refractivity contribution in [1.29, 1.82) is 0 Å². The van der Waals surface area contributed by atoms with Crippen molar-refractivity contribution in [3.63, 3.8) is 0 Å². The van der Waals surface area contributed by atoms with E-state index in [0.717, 1.165) is 6.08 Å². The van der Waals surface area contributed by atoms with Crippen LogP contribution in [0.1, 0.15) is 12.0 Å². The summed E-state index contributed by atoms with van der Waals surface area (Å²) in [5, 5.41) is 0.513. The number of allylic oxidation sites excluding steroid dienone is 1. The van der Waals surface area contributed by atoms with E-state index in [1.54, 1.807) is 24.3 Å². The third kappa shape index (κ3) is 2.70. The maximum absolute atomic E-state index is 13.1. The van der Waals surface area contributed by atoms with Crippen LogP contribution in [0.3, 0.4) is 0 Å². The van der Waals surface area contributed by atoms with E-state index in [0.29, 0.717) is 16.2 Å². The third-order valence-electron chi connectivity index (χ3n) is 2.85. The number of hydrogen-bond acceptors (Lipinski definition) is 2. The summed E-state index contributed by atoms with van der Waals surface area (Å²) in [7, 11) is 1.21. The number of hydrogen-bond donors (Lipinski definition) is 0. The Morgan fingerprint density at radius 1 is 1.44 bits per heavy atom. The van der Waals surface area contributed by atoms with Crippen molar-refractivity contribution in [3.8, 4) is 0 Å². The monoisotopic (exact) mass is 272 g/mol. The SMILES string of the molecule is COC(=O)/C=C(\c1ccc(Cl)cc1)C1CC1(F)F. The van der Waals surface area contributed by atoms with E-state index in [1.807, 2.05) is 0 Å². The molecule has 96 valence electrons. The summed E-state index contributed by atoms with van der Waals surface area (Å²) < 4.78 is 30.8. The summed E-state index contributed by atoms with van der Waals surface area (Å²) in [6.45, 7) is 0. The van der Waals surface area contributed by atoms with Crippen LogP contribution in [0.4, 0.5) is 8.78 Å². The van der Waals surface area contributed by atoms with Gasteiger partial charge in [0, 0.05) is 17.5 Å². The molecule has 5 heteroatoms. The molecule has 1 atom stereocenters. The molecule has 2 nitrogen and oxygen atoms in total. The first-order valence-electron chi connectivity index (χ1n) is 5.37. The van der Waals surface area contributed by atoms with Crippen molar-refractivity contribution in [1.82, 2.24) is 0 Å². The Kier molecular flexibility index (Phi) is 3.39. The number of alkyl halides is 2. The normalized spacial score (nSPS) is 21.6. The van der Waals surface area contributed by atoms with Gasteiger partial charge in [-0.2, -0.15) is 0 Å². The Balaban J connectivity index is 2.34. The van der Waals surface area contributed by atoms with Crippen molar-refractivity contribution in [2.24, 2.45) is 5.92 Å². The van der Waals surface area contributed by atoms with Gasteiger partial charge in [-0.05, 0) is 23.3 Å². The number of ether oxygens (including phenoxy) is 1. The van der Waals surface area contributed by atoms with Gasteiger partial charge in [0.25, 0.3) is 5.92 Å². The van der Waals surface area contributed by atoms with Crippen LogP contribution in [0.15, 0.2) is 30.3 Å². The number of rotatable bonds is 3. The molecule has 1 aliphatic carbocycles. The number of methoxy groups -OCH3 is 1. The summed E-state index contributed by atoms with van der Waals surface area (Å²) in [6.07, 6.45) is 0.882. The first-order valence-corrected chi connectivity index (χ1v) is 5.75. The highest BCUT2D eigenvalue weighted by atomic mass is 35.5. The summed E-state index contributed by atoms with van der Waals surface area (Å²) in [4.78, 5) is 11.2. The van der Waals surface area contributed by atoms with Crippen LogP contribution in [-0.2, 0) is 9.53 Å². The molecule has 0 spiro atoms. The van der Waals surface area contributed by atoms with Gasteiger partial charge in [0.1, 0.15) is 0 Å². The molecular weight excluding hydrogens is 262 g/mol.